The molecule has 1 atom stereocenters. The second-order valence-corrected chi connectivity index (χ2v) is 7.69. The van der Waals surface area contributed by atoms with Crippen molar-refractivity contribution in [3.63, 3.8) is 0 Å². The lowest BCUT2D eigenvalue weighted by Crippen LogP contribution is -2.41. The highest BCUT2D eigenvalue weighted by atomic mass is 32.2. The summed E-state index contributed by atoms with van der Waals surface area (Å²) in [6.07, 6.45) is 0.0805. The number of hydrogen-bond acceptors (Lipinski definition) is 3. The van der Waals surface area contributed by atoms with Crippen molar-refractivity contribution in [2.24, 2.45) is 0 Å². The van der Waals surface area contributed by atoms with Crippen molar-refractivity contribution in [1.82, 2.24) is 16.0 Å². The molecule has 2 aromatic rings. The Morgan fingerprint density at radius 3 is 2.29 bits per heavy atom. The Bertz CT molecular complexity index is 802. The van der Waals surface area contributed by atoms with Crippen LogP contribution in [0.3, 0.4) is 0 Å². The van der Waals surface area contributed by atoms with Crippen LogP contribution in [0.2, 0.25) is 0 Å². The summed E-state index contributed by atoms with van der Waals surface area (Å²) >= 11 is 0. The summed E-state index contributed by atoms with van der Waals surface area (Å²) in [6, 6.07) is 15.0. The highest BCUT2D eigenvalue weighted by Gasteiger charge is 2.06. The van der Waals surface area contributed by atoms with Crippen LogP contribution in [0.4, 0.5) is 9.18 Å². The zero-order chi connectivity index (χ0) is 20.2. The molecule has 0 bridgehead atoms. The average molecular weight is 405 g/mol. The molecule has 0 aliphatic rings. The first-order valence-corrected chi connectivity index (χ1v) is 10.4. The van der Waals surface area contributed by atoms with Crippen LogP contribution in [0.25, 0.3) is 0 Å². The molecule has 1 unspecified atom stereocenters. The Morgan fingerprint density at radius 1 is 0.857 bits per heavy atom. The van der Waals surface area contributed by atoms with Crippen molar-refractivity contribution in [3.05, 3.63) is 71.5 Å². The first kappa shape index (κ1) is 21.6. The van der Waals surface area contributed by atoms with Crippen molar-refractivity contribution >= 4 is 22.7 Å². The number of halogens is 1. The molecule has 0 aromatic heterocycles. The van der Waals surface area contributed by atoms with Gasteiger partial charge >= 0.3 is 6.03 Å². The SMILES string of the molecule is O=C(Cc1cccc(F)c1)NCCNC(=O)NCCS(=O)Cc1ccccc1. The molecule has 0 saturated heterocycles. The fourth-order valence-corrected chi connectivity index (χ4v) is 3.48. The molecule has 2 aromatic carbocycles. The van der Waals surface area contributed by atoms with E-state index in [1.54, 1.807) is 12.1 Å². The molecule has 2 rings (SSSR count). The summed E-state index contributed by atoms with van der Waals surface area (Å²) in [7, 11) is -1.05. The second kappa shape index (κ2) is 11.9. The number of urea groups is 1. The van der Waals surface area contributed by atoms with Crippen LogP contribution >= 0.6 is 0 Å². The summed E-state index contributed by atoms with van der Waals surface area (Å²) in [6.45, 7) is 0.826. The Labute approximate surface area is 166 Å². The molecule has 6 nitrogen and oxygen atoms in total. The van der Waals surface area contributed by atoms with Crippen LogP contribution in [-0.2, 0) is 27.8 Å². The smallest absolute Gasteiger partial charge is 0.314 e. The zero-order valence-electron chi connectivity index (χ0n) is 15.4. The lowest BCUT2D eigenvalue weighted by Gasteiger charge is -2.09. The third-order valence-corrected chi connectivity index (χ3v) is 5.09. The minimum atomic E-state index is -1.05. The van der Waals surface area contributed by atoms with E-state index in [0.717, 1.165) is 5.56 Å². The number of rotatable bonds is 10. The van der Waals surface area contributed by atoms with Gasteiger partial charge in [0, 0.05) is 41.9 Å². The van der Waals surface area contributed by atoms with Crippen molar-refractivity contribution in [3.8, 4) is 0 Å². The number of benzene rings is 2. The fraction of sp³-hybridized carbons (Fsp3) is 0.300. The summed E-state index contributed by atoms with van der Waals surface area (Å²) in [5.41, 5.74) is 1.59. The zero-order valence-corrected chi connectivity index (χ0v) is 16.3. The van der Waals surface area contributed by atoms with Crippen molar-refractivity contribution in [1.29, 1.82) is 0 Å². The predicted octanol–water partition coefficient (Wildman–Crippen LogP) is 1.73. The maximum atomic E-state index is 13.1. The van der Waals surface area contributed by atoms with Gasteiger partial charge in [-0.25, -0.2) is 9.18 Å². The van der Waals surface area contributed by atoms with E-state index in [1.165, 1.54) is 12.1 Å². The monoisotopic (exact) mass is 405 g/mol. The molecule has 0 aliphatic heterocycles. The van der Waals surface area contributed by atoms with Crippen LogP contribution in [0.1, 0.15) is 11.1 Å². The molecule has 0 saturated carbocycles. The van der Waals surface area contributed by atoms with E-state index in [1.807, 2.05) is 30.3 Å². The minimum Gasteiger partial charge on any atom is -0.354 e. The Morgan fingerprint density at radius 2 is 1.54 bits per heavy atom. The van der Waals surface area contributed by atoms with Gasteiger partial charge < -0.3 is 16.0 Å². The standard InChI is InChI=1S/C20H24FN3O3S/c21-18-8-4-7-17(13-18)14-19(25)22-9-10-23-20(26)24-11-12-28(27)15-16-5-2-1-3-6-16/h1-8,13H,9-12,14-15H2,(H,22,25)(H2,23,24,26). The van der Waals surface area contributed by atoms with Gasteiger partial charge in [-0.05, 0) is 23.3 Å². The summed E-state index contributed by atoms with van der Waals surface area (Å²) in [4.78, 5) is 23.5. The first-order chi connectivity index (χ1) is 13.5. The van der Waals surface area contributed by atoms with E-state index in [-0.39, 0.29) is 37.3 Å². The van der Waals surface area contributed by atoms with Gasteiger partial charge in [-0.2, -0.15) is 0 Å². The lowest BCUT2D eigenvalue weighted by atomic mass is 10.1. The van der Waals surface area contributed by atoms with Gasteiger partial charge in [-0.1, -0.05) is 42.5 Å². The molecule has 3 amide bonds. The highest BCUT2D eigenvalue weighted by molar-refractivity contribution is 7.84. The molecule has 3 N–H and O–H groups in total. The average Bonchev–Trinajstić information content (AvgIpc) is 2.66. The van der Waals surface area contributed by atoms with Crippen molar-refractivity contribution in [2.75, 3.05) is 25.4 Å². The van der Waals surface area contributed by atoms with Gasteiger partial charge in [0.1, 0.15) is 5.82 Å². The second-order valence-electron chi connectivity index (χ2n) is 6.11. The van der Waals surface area contributed by atoms with Gasteiger partial charge in [0.05, 0.1) is 6.42 Å². The predicted molar refractivity (Wildman–Crippen MR) is 108 cm³/mol. The fourth-order valence-electron chi connectivity index (χ4n) is 2.45. The molecule has 8 heteroatoms. The Kier molecular flexibility index (Phi) is 9.14. The molecule has 150 valence electrons. The molecule has 28 heavy (non-hydrogen) atoms. The maximum absolute atomic E-state index is 13.1. The van der Waals surface area contributed by atoms with Gasteiger partial charge in [0.15, 0.2) is 0 Å². The minimum absolute atomic E-state index is 0.0805. The highest BCUT2D eigenvalue weighted by Crippen LogP contribution is 2.04. The van der Waals surface area contributed by atoms with E-state index >= 15 is 0 Å². The number of carbonyl (C=O) groups is 2. The molecule has 0 heterocycles. The van der Waals surface area contributed by atoms with Crippen LogP contribution in [-0.4, -0.2) is 41.5 Å². The molecule has 0 spiro atoms. The summed E-state index contributed by atoms with van der Waals surface area (Å²) < 4.78 is 25.0. The van der Waals surface area contributed by atoms with Gasteiger partial charge in [0.25, 0.3) is 0 Å². The summed E-state index contributed by atoms with van der Waals surface area (Å²) in [5, 5.41) is 7.90. The van der Waals surface area contributed by atoms with Crippen LogP contribution in [0.5, 0.6) is 0 Å². The quantitative estimate of drug-likeness (QED) is 0.526. The summed E-state index contributed by atoms with van der Waals surface area (Å²) in [5.74, 6) is 0.200. The maximum Gasteiger partial charge on any atom is 0.314 e. The molecular formula is C20H24FN3O3S. The largest absolute Gasteiger partial charge is 0.354 e. The van der Waals surface area contributed by atoms with Crippen LogP contribution in [0, 0.1) is 5.82 Å². The van der Waals surface area contributed by atoms with E-state index in [2.05, 4.69) is 16.0 Å². The van der Waals surface area contributed by atoms with Gasteiger partial charge in [-0.3, -0.25) is 9.00 Å². The third-order valence-electron chi connectivity index (χ3n) is 3.77. The third kappa shape index (κ3) is 8.77. The van der Waals surface area contributed by atoms with Crippen LogP contribution < -0.4 is 16.0 Å². The number of amides is 3. The topological polar surface area (TPSA) is 87.3 Å². The van der Waals surface area contributed by atoms with Crippen molar-refractivity contribution < 1.29 is 18.2 Å². The Balaban J connectivity index is 1.52. The number of carbonyl (C=O) groups excluding carboxylic acids is 2. The van der Waals surface area contributed by atoms with Gasteiger partial charge in [-0.15, -0.1) is 0 Å². The first-order valence-electron chi connectivity index (χ1n) is 8.94. The van der Waals surface area contributed by atoms with Crippen LogP contribution in [0.15, 0.2) is 54.6 Å². The molecule has 0 fully saturated rings. The number of hydrogen-bond donors (Lipinski definition) is 3. The normalized spacial score (nSPS) is 11.5. The van der Waals surface area contributed by atoms with E-state index in [4.69, 9.17) is 0 Å². The number of nitrogens with one attached hydrogen (secondary N) is 3. The van der Waals surface area contributed by atoms with Crippen molar-refractivity contribution in [2.45, 2.75) is 12.2 Å². The molecule has 0 radical (unpaired) electrons. The Hall–Kier alpha value is -2.74. The van der Waals surface area contributed by atoms with Gasteiger partial charge in [0.2, 0.25) is 5.91 Å². The van der Waals surface area contributed by atoms with E-state index < -0.39 is 10.8 Å². The molecular weight excluding hydrogens is 381 g/mol. The molecule has 0 aliphatic carbocycles. The van der Waals surface area contributed by atoms with E-state index in [0.29, 0.717) is 23.6 Å². The van der Waals surface area contributed by atoms with E-state index in [9.17, 15) is 18.2 Å². The lowest BCUT2D eigenvalue weighted by molar-refractivity contribution is -0.120.